The number of aryl methyl sites for hydroxylation is 2. The predicted molar refractivity (Wildman–Crippen MR) is 167 cm³/mol. The van der Waals surface area contributed by atoms with Gasteiger partial charge in [-0.05, 0) is 86.1 Å². The minimum atomic E-state index is -0.805. The summed E-state index contributed by atoms with van der Waals surface area (Å²) in [5, 5.41) is 9.58. The molecule has 0 saturated carbocycles. The molecular formula is C35H43N3O5. The Bertz CT molecular complexity index is 1450. The zero-order valence-corrected chi connectivity index (χ0v) is 25.6. The second-order valence-corrected chi connectivity index (χ2v) is 12.2. The van der Waals surface area contributed by atoms with Gasteiger partial charge in [-0.15, -0.1) is 0 Å². The number of pyridine rings is 1. The van der Waals surface area contributed by atoms with Crippen LogP contribution in [-0.2, 0) is 33.8 Å². The van der Waals surface area contributed by atoms with Crippen molar-refractivity contribution in [1.82, 2.24) is 9.88 Å². The number of benzene rings is 2. The molecule has 0 bridgehead atoms. The molecule has 2 atom stereocenters. The molecule has 4 heterocycles. The second kappa shape index (κ2) is 13.0. The lowest BCUT2D eigenvalue weighted by molar-refractivity contribution is -0.147. The SMILES string of the molecule is CO[C@H]1CN(c2cccc(-c3cc(C)ccc3OCc3cc(C)c4c(c3)CCN(C3CCOCC3)C4)n2)CC[C@H]1C(=O)O. The first-order chi connectivity index (χ1) is 20.9. The number of aromatic nitrogens is 1. The van der Waals surface area contributed by atoms with Gasteiger partial charge in [0.1, 0.15) is 18.2 Å². The lowest BCUT2D eigenvalue weighted by Crippen LogP contribution is -2.47. The van der Waals surface area contributed by atoms with E-state index in [0.717, 1.165) is 74.0 Å². The highest BCUT2D eigenvalue weighted by Crippen LogP contribution is 2.34. The van der Waals surface area contributed by atoms with Gasteiger partial charge in [-0.3, -0.25) is 9.69 Å². The molecule has 228 valence electrons. The maximum atomic E-state index is 11.7. The lowest BCUT2D eigenvalue weighted by Gasteiger charge is -2.38. The Balaban J connectivity index is 1.18. The first-order valence-corrected chi connectivity index (χ1v) is 15.5. The van der Waals surface area contributed by atoms with Crippen LogP contribution in [0.5, 0.6) is 5.75 Å². The average Bonchev–Trinajstić information content (AvgIpc) is 3.04. The van der Waals surface area contributed by atoms with Gasteiger partial charge in [0.2, 0.25) is 0 Å². The van der Waals surface area contributed by atoms with Crippen LogP contribution in [0.4, 0.5) is 5.82 Å². The zero-order valence-electron chi connectivity index (χ0n) is 25.6. The zero-order chi connectivity index (χ0) is 29.9. The summed E-state index contributed by atoms with van der Waals surface area (Å²) in [6.07, 6.45) is 3.48. The van der Waals surface area contributed by atoms with E-state index in [1.807, 2.05) is 24.3 Å². The maximum absolute atomic E-state index is 11.7. The summed E-state index contributed by atoms with van der Waals surface area (Å²) >= 11 is 0. The van der Waals surface area contributed by atoms with Gasteiger partial charge in [0.25, 0.3) is 0 Å². The van der Waals surface area contributed by atoms with Crippen molar-refractivity contribution >= 4 is 11.8 Å². The Morgan fingerprint density at radius 2 is 1.91 bits per heavy atom. The molecule has 3 aromatic rings. The molecule has 3 aliphatic rings. The van der Waals surface area contributed by atoms with Gasteiger partial charge in [-0.25, -0.2) is 4.98 Å². The molecule has 2 aromatic carbocycles. The molecule has 0 unspecified atom stereocenters. The topological polar surface area (TPSA) is 84.4 Å². The van der Waals surface area contributed by atoms with Crippen molar-refractivity contribution in [2.75, 3.05) is 44.9 Å². The van der Waals surface area contributed by atoms with E-state index in [4.69, 9.17) is 19.2 Å². The molecular weight excluding hydrogens is 542 g/mol. The summed E-state index contributed by atoms with van der Waals surface area (Å²) < 4.78 is 17.6. The third-order valence-corrected chi connectivity index (χ3v) is 9.40. The lowest BCUT2D eigenvalue weighted by atomic mass is 9.91. The number of fused-ring (bicyclic) bond motifs is 1. The number of carboxylic acid groups (broad SMARTS) is 1. The Morgan fingerprint density at radius 3 is 2.70 bits per heavy atom. The molecule has 2 saturated heterocycles. The first-order valence-electron chi connectivity index (χ1n) is 15.5. The van der Waals surface area contributed by atoms with Gasteiger partial charge in [0, 0.05) is 58.1 Å². The number of rotatable bonds is 8. The van der Waals surface area contributed by atoms with Crippen LogP contribution < -0.4 is 9.64 Å². The number of piperidine rings is 1. The number of aliphatic carboxylic acids is 1. The number of nitrogens with zero attached hydrogens (tertiary/aromatic N) is 3. The van der Waals surface area contributed by atoms with Crippen LogP contribution in [0, 0.1) is 19.8 Å². The largest absolute Gasteiger partial charge is 0.488 e. The first kappa shape index (κ1) is 29.6. The highest BCUT2D eigenvalue weighted by atomic mass is 16.5. The quantitative estimate of drug-likeness (QED) is 0.376. The molecule has 43 heavy (non-hydrogen) atoms. The van der Waals surface area contributed by atoms with Crippen LogP contribution in [0.15, 0.2) is 48.5 Å². The predicted octanol–water partition coefficient (Wildman–Crippen LogP) is 5.41. The van der Waals surface area contributed by atoms with E-state index >= 15 is 0 Å². The van der Waals surface area contributed by atoms with E-state index in [0.29, 0.717) is 32.2 Å². The highest BCUT2D eigenvalue weighted by Gasteiger charge is 2.35. The third-order valence-electron chi connectivity index (χ3n) is 9.40. The Morgan fingerprint density at radius 1 is 1.07 bits per heavy atom. The Kier molecular flexibility index (Phi) is 8.98. The molecule has 8 nitrogen and oxygen atoms in total. The number of hydrogen-bond donors (Lipinski definition) is 1. The number of carboxylic acids is 1. The molecule has 6 rings (SSSR count). The third kappa shape index (κ3) is 6.56. The maximum Gasteiger partial charge on any atom is 0.309 e. The molecule has 3 aliphatic heterocycles. The van der Waals surface area contributed by atoms with Crippen LogP contribution in [-0.4, -0.2) is 73.1 Å². The fourth-order valence-corrected chi connectivity index (χ4v) is 6.94. The van der Waals surface area contributed by atoms with Crippen molar-refractivity contribution in [2.24, 2.45) is 5.92 Å². The van der Waals surface area contributed by atoms with E-state index in [-0.39, 0.29) is 6.10 Å². The van der Waals surface area contributed by atoms with Crippen LogP contribution >= 0.6 is 0 Å². The van der Waals surface area contributed by atoms with Crippen molar-refractivity contribution < 1.29 is 24.1 Å². The normalized spacial score (nSPS) is 21.4. The number of methoxy groups -OCH3 is 1. The minimum Gasteiger partial charge on any atom is -0.488 e. The van der Waals surface area contributed by atoms with Gasteiger partial charge in [0.05, 0.1) is 17.7 Å². The second-order valence-electron chi connectivity index (χ2n) is 12.2. The van der Waals surface area contributed by atoms with Gasteiger partial charge < -0.3 is 24.2 Å². The summed E-state index contributed by atoms with van der Waals surface area (Å²) in [6.45, 7) is 9.80. The van der Waals surface area contributed by atoms with E-state index in [1.165, 1.54) is 22.3 Å². The van der Waals surface area contributed by atoms with E-state index in [1.54, 1.807) is 7.11 Å². The number of ether oxygens (including phenoxy) is 3. The fourth-order valence-electron chi connectivity index (χ4n) is 6.94. The summed E-state index contributed by atoms with van der Waals surface area (Å²) in [6, 6.07) is 17.5. The van der Waals surface area contributed by atoms with Crippen molar-refractivity contribution in [2.45, 2.75) is 64.8 Å². The molecule has 8 heteroatoms. The number of carbonyl (C=O) groups is 1. The molecule has 0 spiro atoms. The van der Waals surface area contributed by atoms with Gasteiger partial charge in [-0.2, -0.15) is 0 Å². The van der Waals surface area contributed by atoms with Crippen LogP contribution in [0.1, 0.15) is 47.1 Å². The summed E-state index contributed by atoms with van der Waals surface area (Å²) in [5.74, 6) is 0.312. The molecule has 1 aromatic heterocycles. The van der Waals surface area contributed by atoms with Crippen LogP contribution in [0.3, 0.4) is 0 Å². The summed E-state index contributed by atoms with van der Waals surface area (Å²) in [7, 11) is 1.58. The standard InChI is InChI=1S/C35H43N3O5/c1-23-7-8-32(29(17-23)31-5-4-6-34(36-31)38-14-10-28(35(39)40)33(21-38)41-3)43-22-25-18-24(2)30-20-37(13-9-26(30)19-25)27-11-15-42-16-12-27/h4-8,17-19,27-28,33H,9-16,20-22H2,1-3H3,(H,39,40)/t28-,33+/m1/s1. The average molecular weight is 586 g/mol. The van der Waals surface area contributed by atoms with Crippen LogP contribution in [0.25, 0.3) is 11.3 Å². The number of anilines is 1. The van der Waals surface area contributed by atoms with Crippen molar-refractivity contribution in [1.29, 1.82) is 0 Å². The summed E-state index contributed by atoms with van der Waals surface area (Å²) in [4.78, 5) is 21.4. The minimum absolute atomic E-state index is 0.375. The van der Waals surface area contributed by atoms with E-state index < -0.39 is 11.9 Å². The van der Waals surface area contributed by atoms with Crippen molar-refractivity contribution in [3.8, 4) is 17.0 Å². The smallest absolute Gasteiger partial charge is 0.309 e. The fraction of sp³-hybridized carbons (Fsp3) is 0.486. The molecule has 0 amide bonds. The van der Waals surface area contributed by atoms with Crippen molar-refractivity contribution in [3.63, 3.8) is 0 Å². The number of hydrogen-bond acceptors (Lipinski definition) is 7. The van der Waals surface area contributed by atoms with Gasteiger partial charge >= 0.3 is 5.97 Å². The Labute approximate surface area is 254 Å². The van der Waals surface area contributed by atoms with E-state index in [9.17, 15) is 9.90 Å². The molecule has 0 radical (unpaired) electrons. The highest BCUT2D eigenvalue weighted by molar-refractivity contribution is 5.72. The Hall–Kier alpha value is -3.46. The van der Waals surface area contributed by atoms with Crippen molar-refractivity contribution in [3.05, 3.63) is 76.3 Å². The molecule has 0 aliphatic carbocycles. The van der Waals surface area contributed by atoms with Gasteiger partial charge in [0.15, 0.2) is 0 Å². The van der Waals surface area contributed by atoms with Crippen LogP contribution in [0.2, 0.25) is 0 Å². The monoisotopic (exact) mass is 585 g/mol. The van der Waals surface area contributed by atoms with E-state index in [2.05, 4.69) is 47.9 Å². The summed E-state index contributed by atoms with van der Waals surface area (Å²) in [5.41, 5.74) is 8.37. The molecule has 1 N–H and O–H groups in total. The molecule has 2 fully saturated rings. The van der Waals surface area contributed by atoms with Gasteiger partial charge in [-0.1, -0.05) is 29.8 Å².